The fraction of sp³-hybridized carbons (Fsp3) is 1.00. The molecule has 0 aliphatic carbocycles. The van der Waals surface area contributed by atoms with Gasteiger partial charge in [0.15, 0.2) is 0 Å². The van der Waals surface area contributed by atoms with Crippen LogP contribution in [0.2, 0.25) is 0 Å². The summed E-state index contributed by atoms with van der Waals surface area (Å²) >= 11 is 2.14. The first-order valence-electron chi connectivity index (χ1n) is 6.73. The summed E-state index contributed by atoms with van der Waals surface area (Å²) in [6.07, 6.45) is 4.06. The second kappa shape index (κ2) is 5.28. The topological polar surface area (TPSA) is 15.3 Å². The molecule has 2 fully saturated rings. The van der Waals surface area contributed by atoms with Crippen LogP contribution in [0.5, 0.6) is 0 Å². The van der Waals surface area contributed by atoms with E-state index in [9.17, 15) is 0 Å². The van der Waals surface area contributed by atoms with E-state index in [1.54, 1.807) is 0 Å². The summed E-state index contributed by atoms with van der Waals surface area (Å²) in [5.74, 6) is 2.73. The van der Waals surface area contributed by atoms with Crippen LogP contribution in [0.1, 0.15) is 40.0 Å². The van der Waals surface area contributed by atoms with E-state index in [2.05, 4.69) is 42.7 Å². The Kier molecular flexibility index (Phi) is 4.20. The molecule has 2 aliphatic heterocycles. The zero-order valence-corrected chi connectivity index (χ0v) is 11.8. The third-order valence-corrected chi connectivity index (χ3v) is 5.51. The van der Waals surface area contributed by atoms with E-state index >= 15 is 0 Å². The summed E-state index contributed by atoms with van der Waals surface area (Å²) < 4.78 is 0. The van der Waals surface area contributed by atoms with Crippen molar-refractivity contribution in [1.82, 2.24) is 10.2 Å². The lowest BCUT2D eigenvalue weighted by molar-refractivity contribution is 0.0574. The van der Waals surface area contributed by atoms with Gasteiger partial charge in [0.1, 0.15) is 0 Å². The molecule has 0 aromatic rings. The third kappa shape index (κ3) is 2.74. The highest BCUT2D eigenvalue weighted by atomic mass is 32.2. The van der Waals surface area contributed by atoms with Crippen molar-refractivity contribution in [3.63, 3.8) is 0 Å². The Balaban J connectivity index is 2.00. The molecule has 0 spiro atoms. The lowest BCUT2D eigenvalue weighted by atomic mass is 9.92. The number of hydrogen-bond acceptors (Lipinski definition) is 3. The number of nitrogens with zero attached hydrogens (tertiary/aromatic N) is 1. The van der Waals surface area contributed by atoms with E-state index < -0.39 is 0 Å². The minimum absolute atomic E-state index is 0.342. The van der Waals surface area contributed by atoms with Crippen LogP contribution in [0.3, 0.4) is 0 Å². The van der Waals surface area contributed by atoms with Crippen molar-refractivity contribution in [1.29, 1.82) is 0 Å². The minimum atomic E-state index is 0.342. The van der Waals surface area contributed by atoms with Gasteiger partial charge in [-0.25, -0.2) is 0 Å². The van der Waals surface area contributed by atoms with Gasteiger partial charge in [-0.3, -0.25) is 4.90 Å². The summed E-state index contributed by atoms with van der Waals surface area (Å²) in [6, 6.07) is 1.55. The Labute approximate surface area is 105 Å². The highest BCUT2D eigenvalue weighted by Crippen LogP contribution is 2.27. The molecule has 0 saturated carbocycles. The summed E-state index contributed by atoms with van der Waals surface area (Å²) in [6.45, 7) is 9.45. The highest BCUT2D eigenvalue weighted by molar-refractivity contribution is 7.99. The van der Waals surface area contributed by atoms with Gasteiger partial charge in [-0.1, -0.05) is 6.92 Å². The Morgan fingerprint density at radius 3 is 2.94 bits per heavy atom. The first-order valence-corrected chi connectivity index (χ1v) is 7.88. The molecule has 0 radical (unpaired) electrons. The minimum Gasteiger partial charge on any atom is -0.309 e. The lowest BCUT2D eigenvalue weighted by Crippen LogP contribution is -2.64. The molecule has 3 atom stereocenters. The summed E-state index contributed by atoms with van der Waals surface area (Å²) in [5, 5.41) is 3.72. The van der Waals surface area contributed by atoms with Gasteiger partial charge < -0.3 is 5.32 Å². The van der Waals surface area contributed by atoms with E-state index in [-0.39, 0.29) is 0 Å². The Morgan fingerprint density at radius 2 is 2.31 bits per heavy atom. The van der Waals surface area contributed by atoms with Gasteiger partial charge in [0, 0.05) is 36.5 Å². The van der Waals surface area contributed by atoms with Crippen molar-refractivity contribution in [2.75, 3.05) is 24.6 Å². The van der Waals surface area contributed by atoms with E-state index in [1.165, 1.54) is 37.3 Å². The van der Waals surface area contributed by atoms with Crippen molar-refractivity contribution < 1.29 is 0 Å². The largest absolute Gasteiger partial charge is 0.309 e. The van der Waals surface area contributed by atoms with Gasteiger partial charge >= 0.3 is 0 Å². The molecule has 94 valence electrons. The maximum Gasteiger partial charge on any atom is 0.0278 e. The molecule has 2 aliphatic rings. The first kappa shape index (κ1) is 12.7. The summed E-state index contributed by atoms with van der Waals surface area (Å²) in [4.78, 5) is 2.77. The number of thioether (sulfide) groups is 1. The van der Waals surface area contributed by atoms with Crippen molar-refractivity contribution in [3.8, 4) is 0 Å². The SMILES string of the molecule is CCC1(C)CN(C2CCCSC2)C(C)CN1. The summed E-state index contributed by atoms with van der Waals surface area (Å²) in [5.41, 5.74) is 0.342. The van der Waals surface area contributed by atoms with Crippen LogP contribution in [0.25, 0.3) is 0 Å². The van der Waals surface area contributed by atoms with Crippen molar-refractivity contribution in [3.05, 3.63) is 0 Å². The van der Waals surface area contributed by atoms with Crippen LogP contribution >= 0.6 is 11.8 Å². The Morgan fingerprint density at radius 1 is 1.50 bits per heavy atom. The molecule has 0 aromatic heterocycles. The fourth-order valence-electron chi connectivity index (χ4n) is 2.84. The molecule has 0 aromatic carbocycles. The average Bonchev–Trinajstić information content (AvgIpc) is 2.34. The number of piperazine rings is 1. The van der Waals surface area contributed by atoms with Crippen LogP contribution in [0.4, 0.5) is 0 Å². The third-order valence-electron chi connectivity index (χ3n) is 4.31. The van der Waals surface area contributed by atoms with Gasteiger partial charge in [0.2, 0.25) is 0 Å². The van der Waals surface area contributed by atoms with Gasteiger partial charge in [0.25, 0.3) is 0 Å². The monoisotopic (exact) mass is 242 g/mol. The molecular formula is C13H26N2S. The molecule has 0 amide bonds. The van der Waals surface area contributed by atoms with E-state index in [4.69, 9.17) is 0 Å². The molecule has 16 heavy (non-hydrogen) atoms. The molecular weight excluding hydrogens is 216 g/mol. The molecule has 2 heterocycles. The Bertz CT molecular complexity index is 228. The van der Waals surface area contributed by atoms with Crippen molar-refractivity contribution in [2.24, 2.45) is 0 Å². The van der Waals surface area contributed by atoms with Gasteiger partial charge in [-0.2, -0.15) is 11.8 Å². The summed E-state index contributed by atoms with van der Waals surface area (Å²) in [7, 11) is 0. The lowest BCUT2D eigenvalue weighted by Gasteiger charge is -2.49. The second-order valence-corrected chi connectivity index (χ2v) is 6.84. The molecule has 2 saturated heterocycles. The van der Waals surface area contributed by atoms with E-state index in [0.29, 0.717) is 11.6 Å². The van der Waals surface area contributed by atoms with Gasteiger partial charge in [-0.05, 0) is 38.9 Å². The normalized spacial score (nSPS) is 42.2. The standard InChI is InChI=1S/C13H26N2S/c1-4-13(3)10-15(11(2)8-14-13)12-6-5-7-16-9-12/h11-12,14H,4-10H2,1-3H3. The molecule has 0 bridgehead atoms. The molecule has 3 heteroatoms. The van der Waals surface area contributed by atoms with Crippen molar-refractivity contribution in [2.45, 2.75) is 57.7 Å². The van der Waals surface area contributed by atoms with E-state index in [1.807, 2.05) is 0 Å². The predicted octanol–water partition coefficient (Wildman–Crippen LogP) is 2.34. The molecule has 3 unspecified atom stereocenters. The maximum atomic E-state index is 3.72. The smallest absolute Gasteiger partial charge is 0.0278 e. The maximum absolute atomic E-state index is 3.72. The first-order chi connectivity index (χ1) is 7.64. The second-order valence-electron chi connectivity index (χ2n) is 5.69. The van der Waals surface area contributed by atoms with Gasteiger partial charge in [-0.15, -0.1) is 0 Å². The zero-order chi connectivity index (χ0) is 11.6. The number of hydrogen-bond donors (Lipinski definition) is 1. The van der Waals surface area contributed by atoms with Crippen LogP contribution in [0, 0.1) is 0 Å². The predicted molar refractivity (Wildman–Crippen MR) is 73.2 cm³/mol. The van der Waals surface area contributed by atoms with Crippen LogP contribution in [0.15, 0.2) is 0 Å². The Hall–Kier alpha value is 0.270. The van der Waals surface area contributed by atoms with E-state index in [0.717, 1.165) is 12.6 Å². The van der Waals surface area contributed by atoms with Crippen molar-refractivity contribution >= 4 is 11.8 Å². The van der Waals surface area contributed by atoms with Crippen LogP contribution in [-0.2, 0) is 0 Å². The average molecular weight is 242 g/mol. The number of nitrogens with one attached hydrogen (secondary N) is 1. The zero-order valence-electron chi connectivity index (χ0n) is 11.0. The highest BCUT2D eigenvalue weighted by Gasteiger charge is 2.36. The quantitative estimate of drug-likeness (QED) is 0.800. The van der Waals surface area contributed by atoms with Gasteiger partial charge in [0.05, 0.1) is 0 Å². The fourth-order valence-corrected chi connectivity index (χ4v) is 4.00. The van der Waals surface area contributed by atoms with Crippen LogP contribution in [-0.4, -0.2) is 47.1 Å². The van der Waals surface area contributed by atoms with Crippen LogP contribution < -0.4 is 5.32 Å². The molecule has 2 rings (SSSR count). The number of rotatable bonds is 2. The molecule has 2 nitrogen and oxygen atoms in total. The molecule has 1 N–H and O–H groups in total.